The van der Waals surface area contributed by atoms with Crippen LogP contribution in [-0.4, -0.2) is 35.0 Å². The van der Waals surface area contributed by atoms with Crippen LogP contribution in [0, 0.1) is 11.7 Å². The number of hydrogen-bond acceptors (Lipinski definition) is 4. The summed E-state index contributed by atoms with van der Waals surface area (Å²) in [6.07, 6.45) is 5.32. The number of carbonyl (C=O) groups excluding carboxylic acids is 1. The molecular formula is C19H23FN4O. The van der Waals surface area contributed by atoms with E-state index in [4.69, 9.17) is 0 Å². The summed E-state index contributed by atoms with van der Waals surface area (Å²) in [7, 11) is 0. The van der Waals surface area contributed by atoms with Crippen LogP contribution in [0.5, 0.6) is 0 Å². The fraction of sp³-hybridized carbons (Fsp3) is 0.421. The number of carbonyl (C=O) groups is 1. The molecule has 1 aliphatic rings. The molecule has 1 aromatic heterocycles. The quantitative estimate of drug-likeness (QED) is 0.928. The number of aromatic nitrogens is 2. The van der Waals surface area contributed by atoms with E-state index in [-0.39, 0.29) is 23.7 Å². The highest BCUT2D eigenvalue weighted by Crippen LogP contribution is 2.23. The molecule has 1 unspecified atom stereocenters. The monoisotopic (exact) mass is 342 g/mol. The summed E-state index contributed by atoms with van der Waals surface area (Å²) < 4.78 is 13.0. The molecule has 6 heteroatoms. The zero-order valence-corrected chi connectivity index (χ0v) is 14.6. The minimum absolute atomic E-state index is 0.0310. The lowest BCUT2D eigenvalue weighted by Gasteiger charge is -2.32. The number of piperidine rings is 1. The molecule has 1 atom stereocenters. The van der Waals surface area contributed by atoms with Gasteiger partial charge in [-0.1, -0.05) is 12.1 Å². The van der Waals surface area contributed by atoms with E-state index in [0.29, 0.717) is 12.5 Å². The Morgan fingerprint density at radius 3 is 2.52 bits per heavy atom. The smallest absolute Gasteiger partial charge is 0.225 e. The summed E-state index contributed by atoms with van der Waals surface area (Å²) in [5, 5.41) is 2.98. The first-order chi connectivity index (χ1) is 12.0. The van der Waals surface area contributed by atoms with Gasteiger partial charge in [0.15, 0.2) is 0 Å². The van der Waals surface area contributed by atoms with Gasteiger partial charge in [-0.25, -0.2) is 14.4 Å². The third kappa shape index (κ3) is 4.32. The molecule has 2 aromatic rings. The molecule has 1 saturated heterocycles. The van der Waals surface area contributed by atoms with Gasteiger partial charge in [0.2, 0.25) is 11.9 Å². The van der Waals surface area contributed by atoms with E-state index in [2.05, 4.69) is 20.2 Å². The number of halogens is 1. The average Bonchev–Trinajstić information content (AvgIpc) is 2.62. The SMILES string of the molecule is CC(C)NC(=O)C1CCCN(c2ncc(-c3ccc(F)cc3)cn2)C1. The normalized spacial score (nSPS) is 17.6. The molecule has 132 valence electrons. The zero-order chi connectivity index (χ0) is 17.8. The molecule has 1 aromatic carbocycles. The Hall–Kier alpha value is -2.50. The molecule has 25 heavy (non-hydrogen) atoms. The van der Waals surface area contributed by atoms with Crippen molar-refractivity contribution in [2.24, 2.45) is 5.92 Å². The number of benzene rings is 1. The van der Waals surface area contributed by atoms with Crippen molar-refractivity contribution in [1.29, 1.82) is 0 Å². The lowest BCUT2D eigenvalue weighted by molar-refractivity contribution is -0.125. The minimum atomic E-state index is -0.264. The summed E-state index contributed by atoms with van der Waals surface area (Å²) in [6.45, 7) is 5.42. The lowest BCUT2D eigenvalue weighted by Crippen LogP contribution is -2.45. The summed E-state index contributed by atoms with van der Waals surface area (Å²) in [5.41, 5.74) is 1.72. The van der Waals surface area contributed by atoms with Crippen LogP contribution in [0.1, 0.15) is 26.7 Å². The van der Waals surface area contributed by atoms with Crippen LogP contribution >= 0.6 is 0 Å². The molecule has 0 spiro atoms. The zero-order valence-electron chi connectivity index (χ0n) is 14.6. The van der Waals surface area contributed by atoms with Crippen LogP contribution < -0.4 is 10.2 Å². The van der Waals surface area contributed by atoms with Gasteiger partial charge in [-0.2, -0.15) is 0 Å². The fourth-order valence-electron chi connectivity index (χ4n) is 3.05. The van der Waals surface area contributed by atoms with Crippen molar-refractivity contribution in [3.63, 3.8) is 0 Å². The van der Waals surface area contributed by atoms with Crippen molar-refractivity contribution in [1.82, 2.24) is 15.3 Å². The van der Waals surface area contributed by atoms with Gasteiger partial charge in [0.1, 0.15) is 5.82 Å². The third-order valence-corrected chi connectivity index (χ3v) is 4.32. The molecule has 3 rings (SSSR count). The molecule has 0 bridgehead atoms. The van der Waals surface area contributed by atoms with Crippen LogP contribution in [0.3, 0.4) is 0 Å². The highest BCUT2D eigenvalue weighted by molar-refractivity contribution is 5.79. The fourth-order valence-corrected chi connectivity index (χ4v) is 3.05. The Balaban J connectivity index is 1.69. The van der Waals surface area contributed by atoms with E-state index in [0.717, 1.165) is 30.5 Å². The van der Waals surface area contributed by atoms with Crippen LogP contribution in [0.2, 0.25) is 0 Å². The van der Waals surface area contributed by atoms with Gasteiger partial charge < -0.3 is 10.2 Å². The first-order valence-electron chi connectivity index (χ1n) is 8.66. The van der Waals surface area contributed by atoms with Crippen molar-refractivity contribution < 1.29 is 9.18 Å². The number of amides is 1. The van der Waals surface area contributed by atoms with Gasteiger partial charge in [0.05, 0.1) is 5.92 Å². The van der Waals surface area contributed by atoms with Crippen LogP contribution in [-0.2, 0) is 4.79 Å². The third-order valence-electron chi connectivity index (χ3n) is 4.32. The standard InChI is InChI=1S/C19H23FN4O/c1-13(2)23-18(25)15-4-3-9-24(12-15)19-21-10-16(11-22-19)14-5-7-17(20)8-6-14/h5-8,10-11,13,15H,3-4,9,12H2,1-2H3,(H,23,25). The van der Waals surface area contributed by atoms with E-state index >= 15 is 0 Å². The molecule has 5 nitrogen and oxygen atoms in total. The second-order valence-electron chi connectivity index (χ2n) is 6.73. The second kappa shape index (κ2) is 7.59. The van der Waals surface area contributed by atoms with Crippen molar-refractivity contribution >= 4 is 11.9 Å². The number of rotatable bonds is 4. The maximum Gasteiger partial charge on any atom is 0.225 e. The largest absolute Gasteiger partial charge is 0.354 e. The molecule has 0 radical (unpaired) electrons. The highest BCUT2D eigenvalue weighted by Gasteiger charge is 2.27. The molecular weight excluding hydrogens is 319 g/mol. The minimum Gasteiger partial charge on any atom is -0.354 e. The predicted molar refractivity (Wildman–Crippen MR) is 95.6 cm³/mol. The Bertz CT molecular complexity index is 715. The second-order valence-corrected chi connectivity index (χ2v) is 6.73. The van der Waals surface area contributed by atoms with E-state index in [1.807, 2.05) is 13.8 Å². The maximum atomic E-state index is 13.0. The topological polar surface area (TPSA) is 58.1 Å². The van der Waals surface area contributed by atoms with E-state index < -0.39 is 0 Å². The Morgan fingerprint density at radius 1 is 1.20 bits per heavy atom. The van der Waals surface area contributed by atoms with Gasteiger partial charge in [-0.05, 0) is 44.4 Å². The van der Waals surface area contributed by atoms with Crippen LogP contribution in [0.4, 0.5) is 10.3 Å². The molecule has 0 aliphatic carbocycles. The van der Waals surface area contributed by atoms with E-state index in [1.165, 1.54) is 12.1 Å². The molecule has 1 amide bonds. The van der Waals surface area contributed by atoms with Crippen molar-refractivity contribution in [3.8, 4) is 11.1 Å². The summed E-state index contributed by atoms with van der Waals surface area (Å²) in [6, 6.07) is 6.41. The van der Waals surface area contributed by atoms with E-state index in [1.54, 1.807) is 24.5 Å². The molecule has 2 heterocycles. The Kier molecular flexibility index (Phi) is 5.26. The van der Waals surface area contributed by atoms with Crippen molar-refractivity contribution in [2.75, 3.05) is 18.0 Å². The Morgan fingerprint density at radius 2 is 1.88 bits per heavy atom. The molecule has 1 fully saturated rings. The van der Waals surface area contributed by atoms with E-state index in [9.17, 15) is 9.18 Å². The van der Waals surface area contributed by atoms with Gasteiger partial charge in [0, 0.05) is 37.1 Å². The first-order valence-corrected chi connectivity index (χ1v) is 8.66. The highest BCUT2D eigenvalue weighted by atomic mass is 19.1. The number of hydrogen-bond donors (Lipinski definition) is 1. The summed E-state index contributed by atoms with van der Waals surface area (Å²) >= 11 is 0. The molecule has 1 N–H and O–H groups in total. The first kappa shape index (κ1) is 17.3. The number of nitrogens with one attached hydrogen (secondary N) is 1. The number of nitrogens with zero attached hydrogens (tertiary/aromatic N) is 3. The predicted octanol–water partition coefficient (Wildman–Crippen LogP) is 3.02. The van der Waals surface area contributed by atoms with Gasteiger partial charge in [-0.15, -0.1) is 0 Å². The van der Waals surface area contributed by atoms with Gasteiger partial charge >= 0.3 is 0 Å². The van der Waals surface area contributed by atoms with Gasteiger partial charge in [-0.3, -0.25) is 4.79 Å². The molecule has 0 saturated carbocycles. The summed E-state index contributed by atoms with van der Waals surface area (Å²) in [5.74, 6) is 0.437. The lowest BCUT2D eigenvalue weighted by atomic mass is 9.97. The Labute approximate surface area is 147 Å². The molecule has 1 aliphatic heterocycles. The number of anilines is 1. The van der Waals surface area contributed by atoms with Crippen LogP contribution in [0.15, 0.2) is 36.7 Å². The van der Waals surface area contributed by atoms with Crippen molar-refractivity contribution in [2.45, 2.75) is 32.7 Å². The maximum absolute atomic E-state index is 13.0. The van der Waals surface area contributed by atoms with Crippen LogP contribution in [0.25, 0.3) is 11.1 Å². The van der Waals surface area contributed by atoms with Gasteiger partial charge in [0.25, 0.3) is 0 Å². The average molecular weight is 342 g/mol. The summed E-state index contributed by atoms with van der Waals surface area (Å²) in [4.78, 5) is 23.2. The van der Waals surface area contributed by atoms with Crippen molar-refractivity contribution in [3.05, 3.63) is 42.5 Å².